The number of hydrogen-bond donors (Lipinski definition) is 0. The van der Waals surface area contributed by atoms with Crippen molar-refractivity contribution in [3.63, 3.8) is 0 Å². The first-order valence-electron chi connectivity index (χ1n) is 7.23. The van der Waals surface area contributed by atoms with E-state index in [9.17, 15) is 0 Å². The summed E-state index contributed by atoms with van der Waals surface area (Å²) in [5, 5.41) is 0. The van der Waals surface area contributed by atoms with Crippen LogP contribution in [-0.2, 0) is 0 Å². The van der Waals surface area contributed by atoms with E-state index in [0.29, 0.717) is 0 Å². The molecule has 1 saturated heterocycles. The van der Waals surface area contributed by atoms with Crippen molar-refractivity contribution in [2.45, 2.75) is 25.3 Å². The van der Waals surface area contributed by atoms with Crippen LogP contribution in [0.4, 0.5) is 11.8 Å². The zero-order chi connectivity index (χ0) is 13.2. The maximum absolute atomic E-state index is 4.62. The van der Waals surface area contributed by atoms with Gasteiger partial charge in [-0.25, -0.2) is 4.98 Å². The minimum atomic E-state index is 0.858. The second kappa shape index (κ2) is 5.33. The third kappa shape index (κ3) is 2.66. The molecule has 3 rings (SSSR count). The van der Waals surface area contributed by atoms with Crippen molar-refractivity contribution in [2.24, 2.45) is 0 Å². The molecule has 5 nitrogen and oxygen atoms in total. The van der Waals surface area contributed by atoms with E-state index in [0.717, 1.165) is 44.0 Å². The van der Waals surface area contributed by atoms with Gasteiger partial charge in [-0.05, 0) is 18.9 Å². The Balaban J connectivity index is 1.62. The average Bonchev–Trinajstić information content (AvgIpc) is 2.38. The van der Waals surface area contributed by atoms with Crippen LogP contribution in [0.3, 0.4) is 0 Å². The molecule has 1 aromatic rings. The summed E-state index contributed by atoms with van der Waals surface area (Å²) in [6, 6.07) is 2.81. The molecule has 2 fully saturated rings. The fourth-order valence-electron chi connectivity index (χ4n) is 2.78. The van der Waals surface area contributed by atoms with Crippen molar-refractivity contribution in [3.05, 3.63) is 12.3 Å². The first kappa shape index (κ1) is 12.7. The van der Waals surface area contributed by atoms with Gasteiger partial charge in [0.2, 0.25) is 5.95 Å². The van der Waals surface area contributed by atoms with Gasteiger partial charge in [0.05, 0.1) is 0 Å². The number of anilines is 2. The van der Waals surface area contributed by atoms with Crippen LogP contribution < -0.4 is 9.80 Å². The molecule has 1 aliphatic heterocycles. The van der Waals surface area contributed by atoms with Crippen molar-refractivity contribution < 1.29 is 0 Å². The average molecular weight is 261 g/mol. The topological polar surface area (TPSA) is 35.5 Å². The lowest BCUT2D eigenvalue weighted by Crippen LogP contribution is -2.52. The molecular formula is C14H23N5. The van der Waals surface area contributed by atoms with Gasteiger partial charge in [0, 0.05) is 52.5 Å². The molecule has 0 radical (unpaired) electrons. The Morgan fingerprint density at radius 1 is 1.16 bits per heavy atom. The van der Waals surface area contributed by atoms with Gasteiger partial charge in [0.25, 0.3) is 0 Å². The zero-order valence-corrected chi connectivity index (χ0v) is 11.9. The first-order chi connectivity index (χ1) is 9.24. The minimum absolute atomic E-state index is 0.858. The summed E-state index contributed by atoms with van der Waals surface area (Å²) < 4.78 is 0. The van der Waals surface area contributed by atoms with E-state index < -0.39 is 0 Å². The van der Waals surface area contributed by atoms with Gasteiger partial charge in [-0.15, -0.1) is 0 Å². The summed E-state index contributed by atoms with van der Waals surface area (Å²) in [7, 11) is 4.03. The maximum Gasteiger partial charge on any atom is 0.227 e. The Morgan fingerprint density at radius 2 is 1.89 bits per heavy atom. The Bertz CT molecular complexity index is 422. The molecule has 19 heavy (non-hydrogen) atoms. The molecule has 2 aliphatic rings. The van der Waals surface area contributed by atoms with Crippen LogP contribution >= 0.6 is 0 Å². The summed E-state index contributed by atoms with van der Waals surface area (Å²) in [5.74, 6) is 1.85. The molecule has 0 atom stereocenters. The summed E-state index contributed by atoms with van der Waals surface area (Å²) in [6.07, 6.45) is 6.06. The molecule has 5 heteroatoms. The van der Waals surface area contributed by atoms with Crippen molar-refractivity contribution in [1.82, 2.24) is 14.9 Å². The van der Waals surface area contributed by atoms with Crippen LogP contribution in [0.1, 0.15) is 19.3 Å². The van der Waals surface area contributed by atoms with E-state index >= 15 is 0 Å². The van der Waals surface area contributed by atoms with E-state index in [1.807, 2.05) is 31.3 Å². The van der Waals surface area contributed by atoms with Crippen LogP contribution in [0.25, 0.3) is 0 Å². The van der Waals surface area contributed by atoms with Gasteiger partial charge in [-0.3, -0.25) is 4.90 Å². The summed E-state index contributed by atoms with van der Waals surface area (Å²) in [6.45, 7) is 4.40. The molecule has 1 saturated carbocycles. The molecule has 0 spiro atoms. The molecular weight excluding hydrogens is 238 g/mol. The van der Waals surface area contributed by atoms with E-state index in [4.69, 9.17) is 0 Å². The summed E-state index contributed by atoms with van der Waals surface area (Å²) in [5.41, 5.74) is 0. The van der Waals surface area contributed by atoms with Gasteiger partial charge in [-0.1, -0.05) is 6.42 Å². The van der Waals surface area contributed by atoms with Crippen LogP contribution in [0.5, 0.6) is 0 Å². The number of hydrogen-bond acceptors (Lipinski definition) is 5. The highest BCUT2D eigenvalue weighted by Gasteiger charge is 2.28. The number of rotatable bonds is 3. The highest BCUT2D eigenvalue weighted by molar-refractivity contribution is 5.42. The quantitative estimate of drug-likeness (QED) is 0.817. The summed E-state index contributed by atoms with van der Waals surface area (Å²) >= 11 is 0. The van der Waals surface area contributed by atoms with Crippen molar-refractivity contribution in [2.75, 3.05) is 50.1 Å². The van der Waals surface area contributed by atoms with E-state index in [-0.39, 0.29) is 0 Å². The predicted molar refractivity (Wildman–Crippen MR) is 77.8 cm³/mol. The molecule has 0 aromatic carbocycles. The highest BCUT2D eigenvalue weighted by Crippen LogP contribution is 2.26. The van der Waals surface area contributed by atoms with Crippen LogP contribution in [0.15, 0.2) is 12.3 Å². The molecule has 1 aromatic heterocycles. The lowest BCUT2D eigenvalue weighted by Gasteiger charge is -2.42. The first-order valence-corrected chi connectivity index (χ1v) is 7.23. The molecule has 2 heterocycles. The minimum Gasteiger partial charge on any atom is -0.363 e. The second-order valence-electron chi connectivity index (χ2n) is 5.72. The van der Waals surface area contributed by atoms with Gasteiger partial charge >= 0.3 is 0 Å². The van der Waals surface area contributed by atoms with Crippen LogP contribution in [0, 0.1) is 0 Å². The van der Waals surface area contributed by atoms with E-state index in [2.05, 4.69) is 19.8 Å². The Morgan fingerprint density at radius 3 is 2.47 bits per heavy atom. The fourth-order valence-corrected chi connectivity index (χ4v) is 2.78. The van der Waals surface area contributed by atoms with Crippen LogP contribution in [-0.4, -0.2) is 61.2 Å². The van der Waals surface area contributed by atoms with E-state index in [1.54, 1.807) is 0 Å². The van der Waals surface area contributed by atoms with Crippen molar-refractivity contribution in [3.8, 4) is 0 Å². The van der Waals surface area contributed by atoms with Crippen LogP contribution in [0.2, 0.25) is 0 Å². The second-order valence-corrected chi connectivity index (χ2v) is 5.72. The van der Waals surface area contributed by atoms with Crippen molar-refractivity contribution in [1.29, 1.82) is 0 Å². The molecule has 0 bridgehead atoms. The standard InChI is InChI=1S/C14H23N5/c1-17(2)13-6-7-15-14(16-13)19-10-8-18(9-11-19)12-4-3-5-12/h6-7,12H,3-5,8-11H2,1-2H3. The highest BCUT2D eigenvalue weighted by atomic mass is 15.3. The number of nitrogens with zero attached hydrogens (tertiary/aromatic N) is 5. The Hall–Kier alpha value is -1.36. The molecule has 104 valence electrons. The summed E-state index contributed by atoms with van der Waals surface area (Å²) in [4.78, 5) is 16.0. The third-order valence-electron chi connectivity index (χ3n) is 4.27. The molecule has 0 unspecified atom stereocenters. The van der Waals surface area contributed by atoms with Crippen molar-refractivity contribution >= 4 is 11.8 Å². The SMILES string of the molecule is CN(C)c1ccnc(N2CCN(C3CCC3)CC2)n1. The molecule has 1 aliphatic carbocycles. The van der Waals surface area contributed by atoms with Gasteiger partial charge in [0.15, 0.2) is 0 Å². The molecule has 0 amide bonds. The van der Waals surface area contributed by atoms with Gasteiger partial charge < -0.3 is 9.80 Å². The number of piperazine rings is 1. The van der Waals surface area contributed by atoms with E-state index in [1.165, 1.54) is 19.3 Å². The fraction of sp³-hybridized carbons (Fsp3) is 0.714. The van der Waals surface area contributed by atoms with Gasteiger partial charge in [-0.2, -0.15) is 4.98 Å². The van der Waals surface area contributed by atoms with Gasteiger partial charge in [0.1, 0.15) is 5.82 Å². The third-order valence-corrected chi connectivity index (χ3v) is 4.27. The number of aromatic nitrogens is 2. The smallest absolute Gasteiger partial charge is 0.227 e. The lowest BCUT2D eigenvalue weighted by atomic mass is 9.91. The Kier molecular flexibility index (Phi) is 3.55. The monoisotopic (exact) mass is 261 g/mol. The zero-order valence-electron chi connectivity index (χ0n) is 11.9. The molecule has 0 N–H and O–H groups in total. The predicted octanol–water partition coefficient (Wildman–Crippen LogP) is 1.22. The maximum atomic E-state index is 4.62. The Labute approximate surface area is 115 Å². The normalized spacial score (nSPS) is 21.3. The largest absolute Gasteiger partial charge is 0.363 e. The lowest BCUT2D eigenvalue weighted by molar-refractivity contribution is 0.120.